The molecule has 4 nitrogen and oxygen atoms in total. The predicted molar refractivity (Wildman–Crippen MR) is 62.8 cm³/mol. The number of aliphatic hydroxyl groups excluding tert-OH is 1. The molecule has 0 aliphatic heterocycles. The fraction of sp³-hybridized carbons (Fsp3) is 0.308. The zero-order valence-electron chi connectivity index (χ0n) is 9.77. The first-order valence-corrected chi connectivity index (χ1v) is 5.50. The normalized spacial score (nSPS) is 12.6. The van der Waals surface area contributed by atoms with E-state index in [0.717, 1.165) is 5.39 Å². The second-order valence-electron chi connectivity index (χ2n) is 3.80. The fourth-order valence-corrected chi connectivity index (χ4v) is 1.61. The summed E-state index contributed by atoms with van der Waals surface area (Å²) in [5.41, 5.74) is 1.13. The van der Waals surface area contributed by atoms with Gasteiger partial charge in [0.1, 0.15) is 17.4 Å². The van der Waals surface area contributed by atoms with Crippen molar-refractivity contribution in [3.05, 3.63) is 35.6 Å². The number of ether oxygens (including phenoxy) is 1. The number of hydrogen-bond acceptors (Lipinski definition) is 4. The largest absolute Gasteiger partial charge is 0.462 e. The number of rotatable bonds is 3. The second-order valence-corrected chi connectivity index (χ2v) is 3.80. The Morgan fingerprint density at radius 1 is 1.47 bits per heavy atom. The predicted octanol–water partition coefficient (Wildman–Crippen LogP) is 2.66. The summed E-state index contributed by atoms with van der Waals surface area (Å²) in [6.45, 7) is 3.74. The summed E-state index contributed by atoms with van der Waals surface area (Å²) in [6, 6.07) is 6.77. The van der Waals surface area contributed by atoms with Gasteiger partial charge in [-0.05, 0) is 38.1 Å². The van der Waals surface area contributed by atoms with E-state index < -0.39 is 6.10 Å². The van der Waals surface area contributed by atoms with Crippen molar-refractivity contribution < 1.29 is 19.1 Å². The molecule has 0 amide bonds. The van der Waals surface area contributed by atoms with Crippen molar-refractivity contribution in [1.82, 2.24) is 0 Å². The molecule has 0 spiro atoms. The van der Waals surface area contributed by atoms with Gasteiger partial charge in [-0.3, -0.25) is 0 Å². The molecule has 1 N–H and O–H groups in total. The molecule has 4 heteroatoms. The molecule has 0 aliphatic carbocycles. The molecule has 90 valence electrons. The summed E-state index contributed by atoms with van der Waals surface area (Å²) in [5.74, 6) is 0.134. The van der Waals surface area contributed by atoms with Crippen LogP contribution in [0.25, 0.3) is 11.0 Å². The molecule has 2 aromatic rings. The lowest BCUT2D eigenvalue weighted by Crippen LogP contribution is -2.03. The maximum atomic E-state index is 11.5. The van der Waals surface area contributed by atoms with Crippen molar-refractivity contribution in [3.63, 3.8) is 0 Å². The molecule has 1 atom stereocenters. The molecule has 1 heterocycles. The molecule has 0 bridgehead atoms. The summed E-state index contributed by atoms with van der Waals surface area (Å²) >= 11 is 0. The summed E-state index contributed by atoms with van der Waals surface area (Å²) in [7, 11) is 0. The number of benzene rings is 1. The third-order valence-electron chi connectivity index (χ3n) is 2.46. The van der Waals surface area contributed by atoms with Crippen LogP contribution in [0.15, 0.2) is 28.7 Å². The van der Waals surface area contributed by atoms with E-state index in [0.29, 0.717) is 23.5 Å². The highest BCUT2D eigenvalue weighted by Crippen LogP contribution is 2.24. The minimum Gasteiger partial charge on any atom is -0.462 e. The number of esters is 1. The van der Waals surface area contributed by atoms with Crippen molar-refractivity contribution in [3.8, 4) is 0 Å². The average Bonchev–Trinajstić information content (AvgIpc) is 2.71. The highest BCUT2D eigenvalue weighted by molar-refractivity contribution is 5.94. The fourth-order valence-electron chi connectivity index (χ4n) is 1.61. The van der Waals surface area contributed by atoms with E-state index in [1.54, 1.807) is 38.1 Å². The van der Waals surface area contributed by atoms with Gasteiger partial charge >= 0.3 is 5.97 Å². The van der Waals surface area contributed by atoms with Crippen molar-refractivity contribution in [2.45, 2.75) is 20.0 Å². The first kappa shape index (κ1) is 11.7. The van der Waals surface area contributed by atoms with E-state index in [1.807, 2.05) is 0 Å². The van der Waals surface area contributed by atoms with Crippen molar-refractivity contribution in [2.24, 2.45) is 0 Å². The number of carbonyl (C=O) groups excluding carboxylic acids is 1. The van der Waals surface area contributed by atoms with Crippen LogP contribution < -0.4 is 0 Å². The topological polar surface area (TPSA) is 59.7 Å². The number of aliphatic hydroxyl groups is 1. The van der Waals surface area contributed by atoms with Crippen LogP contribution in [0.2, 0.25) is 0 Å². The Morgan fingerprint density at radius 3 is 2.88 bits per heavy atom. The van der Waals surface area contributed by atoms with E-state index in [1.165, 1.54) is 0 Å². The maximum Gasteiger partial charge on any atom is 0.338 e. The smallest absolute Gasteiger partial charge is 0.338 e. The third kappa shape index (κ3) is 2.31. The number of fused-ring (bicyclic) bond motifs is 1. The molecule has 1 unspecified atom stereocenters. The zero-order valence-corrected chi connectivity index (χ0v) is 9.77. The van der Waals surface area contributed by atoms with Crippen LogP contribution in [-0.4, -0.2) is 17.7 Å². The quantitative estimate of drug-likeness (QED) is 0.829. The Balaban J connectivity index is 2.40. The molecule has 0 saturated carbocycles. The van der Waals surface area contributed by atoms with Gasteiger partial charge in [-0.1, -0.05) is 0 Å². The highest BCUT2D eigenvalue weighted by Gasteiger charge is 2.12. The maximum absolute atomic E-state index is 11.5. The van der Waals surface area contributed by atoms with Gasteiger partial charge in [-0.2, -0.15) is 0 Å². The minimum atomic E-state index is -0.659. The first-order valence-electron chi connectivity index (χ1n) is 5.50. The number of furan rings is 1. The molecule has 17 heavy (non-hydrogen) atoms. The monoisotopic (exact) mass is 234 g/mol. The Kier molecular flexibility index (Phi) is 3.15. The molecule has 0 radical (unpaired) electrons. The van der Waals surface area contributed by atoms with Crippen molar-refractivity contribution in [1.29, 1.82) is 0 Å². The minimum absolute atomic E-state index is 0.348. The highest BCUT2D eigenvalue weighted by atomic mass is 16.5. The van der Waals surface area contributed by atoms with Gasteiger partial charge in [0.25, 0.3) is 0 Å². The molecular weight excluding hydrogens is 220 g/mol. The van der Waals surface area contributed by atoms with Gasteiger partial charge in [0.15, 0.2) is 0 Å². The van der Waals surface area contributed by atoms with Crippen LogP contribution in [0.1, 0.15) is 36.1 Å². The van der Waals surface area contributed by atoms with E-state index in [2.05, 4.69) is 0 Å². The van der Waals surface area contributed by atoms with Gasteiger partial charge in [0, 0.05) is 5.39 Å². The van der Waals surface area contributed by atoms with E-state index >= 15 is 0 Å². The summed E-state index contributed by atoms with van der Waals surface area (Å²) < 4.78 is 10.3. The lowest BCUT2D eigenvalue weighted by atomic mass is 10.1. The van der Waals surface area contributed by atoms with E-state index in [4.69, 9.17) is 9.15 Å². The lowest BCUT2D eigenvalue weighted by Gasteiger charge is -2.00. The molecule has 1 aromatic carbocycles. The molecule has 1 aromatic heterocycles. The van der Waals surface area contributed by atoms with E-state index in [9.17, 15) is 9.90 Å². The molecular formula is C13H14O4. The van der Waals surface area contributed by atoms with Crippen LogP contribution in [0.3, 0.4) is 0 Å². The Hall–Kier alpha value is -1.81. The molecule has 0 fully saturated rings. The van der Waals surface area contributed by atoms with E-state index in [-0.39, 0.29) is 5.97 Å². The van der Waals surface area contributed by atoms with Crippen LogP contribution in [0.5, 0.6) is 0 Å². The van der Waals surface area contributed by atoms with Gasteiger partial charge in [-0.15, -0.1) is 0 Å². The zero-order chi connectivity index (χ0) is 12.4. The van der Waals surface area contributed by atoms with Crippen LogP contribution in [-0.2, 0) is 4.74 Å². The lowest BCUT2D eigenvalue weighted by molar-refractivity contribution is 0.0526. The number of carbonyl (C=O) groups is 1. The second kappa shape index (κ2) is 4.59. The summed E-state index contributed by atoms with van der Waals surface area (Å²) in [4.78, 5) is 11.5. The molecule has 2 rings (SSSR count). The van der Waals surface area contributed by atoms with Gasteiger partial charge < -0.3 is 14.3 Å². The van der Waals surface area contributed by atoms with Gasteiger partial charge in [0.05, 0.1) is 12.2 Å². The first-order chi connectivity index (χ1) is 8.11. The average molecular weight is 234 g/mol. The molecule has 0 aliphatic rings. The van der Waals surface area contributed by atoms with Crippen molar-refractivity contribution in [2.75, 3.05) is 6.61 Å². The Bertz CT molecular complexity index is 539. The van der Waals surface area contributed by atoms with Gasteiger partial charge in [-0.25, -0.2) is 4.79 Å². The SMILES string of the molecule is CCOC(=O)c1ccc2oc(C(C)O)cc2c1. The standard InChI is InChI=1S/C13H14O4/c1-3-16-13(15)9-4-5-11-10(6-9)7-12(17-11)8(2)14/h4-8,14H,3H2,1-2H3. The Morgan fingerprint density at radius 2 is 2.24 bits per heavy atom. The molecule has 0 saturated heterocycles. The van der Waals surface area contributed by atoms with Crippen LogP contribution in [0, 0.1) is 0 Å². The summed E-state index contributed by atoms with van der Waals surface area (Å²) in [6.07, 6.45) is -0.659. The number of hydrogen-bond donors (Lipinski definition) is 1. The van der Waals surface area contributed by atoms with Gasteiger partial charge in [0.2, 0.25) is 0 Å². The Labute approximate surface area is 98.8 Å². The van der Waals surface area contributed by atoms with Crippen LogP contribution in [0.4, 0.5) is 0 Å². The third-order valence-corrected chi connectivity index (χ3v) is 2.46. The van der Waals surface area contributed by atoms with Crippen molar-refractivity contribution >= 4 is 16.9 Å². The summed E-state index contributed by atoms with van der Waals surface area (Å²) in [5, 5.41) is 10.2. The van der Waals surface area contributed by atoms with Crippen LogP contribution >= 0.6 is 0 Å².